The van der Waals surface area contributed by atoms with E-state index in [9.17, 15) is 4.79 Å². The van der Waals surface area contributed by atoms with E-state index in [1.165, 1.54) is 5.56 Å². The lowest BCUT2D eigenvalue weighted by molar-refractivity contribution is -0.116. The first-order chi connectivity index (χ1) is 13.4. The molecule has 0 saturated carbocycles. The fourth-order valence-corrected chi connectivity index (χ4v) is 3.56. The maximum atomic E-state index is 12.0. The Kier molecular flexibility index (Phi) is 8.34. The molecule has 0 aromatic heterocycles. The van der Waals surface area contributed by atoms with Crippen molar-refractivity contribution in [2.24, 2.45) is 4.99 Å². The largest absolute Gasteiger partial charge is 0.356 e. The van der Waals surface area contributed by atoms with E-state index >= 15 is 0 Å². The van der Waals surface area contributed by atoms with Crippen LogP contribution in [0.15, 0.2) is 53.5 Å². The molecule has 0 saturated heterocycles. The summed E-state index contributed by atoms with van der Waals surface area (Å²) >= 11 is 6.00. The van der Waals surface area contributed by atoms with Gasteiger partial charge in [-0.15, -0.1) is 24.0 Å². The lowest BCUT2D eigenvalue weighted by Crippen LogP contribution is -2.45. The summed E-state index contributed by atoms with van der Waals surface area (Å²) in [4.78, 5) is 16.3. The molecule has 1 unspecified atom stereocenters. The lowest BCUT2D eigenvalue weighted by Gasteiger charge is -2.28. The molecule has 1 heterocycles. The van der Waals surface area contributed by atoms with E-state index in [-0.39, 0.29) is 41.2 Å². The van der Waals surface area contributed by atoms with Crippen LogP contribution in [0.2, 0.25) is 5.02 Å². The van der Waals surface area contributed by atoms with Crippen LogP contribution < -0.4 is 16.0 Å². The van der Waals surface area contributed by atoms with Gasteiger partial charge >= 0.3 is 0 Å². The second kappa shape index (κ2) is 10.3. The quantitative estimate of drug-likeness (QED) is 0.305. The van der Waals surface area contributed by atoms with Gasteiger partial charge in [0.25, 0.3) is 0 Å². The minimum atomic E-state index is -0.0838. The Balaban J connectivity index is 0.00000300. The van der Waals surface area contributed by atoms with Crippen molar-refractivity contribution in [2.75, 3.05) is 25.5 Å². The van der Waals surface area contributed by atoms with E-state index in [1.807, 2.05) is 30.3 Å². The topological polar surface area (TPSA) is 65.5 Å². The molecular weight excluding hydrogens is 499 g/mol. The number of benzene rings is 2. The van der Waals surface area contributed by atoms with E-state index in [0.29, 0.717) is 13.0 Å². The smallest absolute Gasteiger partial charge is 0.225 e. The van der Waals surface area contributed by atoms with Crippen LogP contribution in [0.5, 0.6) is 0 Å². The summed E-state index contributed by atoms with van der Waals surface area (Å²) in [6.07, 6.45) is 0.470. The van der Waals surface area contributed by atoms with Gasteiger partial charge in [-0.1, -0.05) is 55.8 Å². The van der Waals surface area contributed by atoms with E-state index in [1.54, 1.807) is 7.05 Å². The van der Waals surface area contributed by atoms with Crippen LogP contribution in [0.4, 0.5) is 5.69 Å². The zero-order chi connectivity index (χ0) is 20.1. The normalized spacial score (nSPS) is 16.3. The number of anilines is 1. The van der Waals surface area contributed by atoms with Gasteiger partial charge in [0.1, 0.15) is 0 Å². The molecule has 0 fully saturated rings. The monoisotopic (exact) mass is 526 g/mol. The number of fused-ring (bicyclic) bond motifs is 1. The first kappa shape index (κ1) is 23.5. The molecule has 156 valence electrons. The maximum absolute atomic E-state index is 12.0. The number of nitrogens with one attached hydrogen (secondary N) is 3. The van der Waals surface area contributed by atoms with Crippen LogP contribution >= 0.6 is 35.6 Å². The summed E-state index contributed by atoms with van der Waals surface area (Å²) in [5, 5.41) is 10.4. The van der Waals surface area contributed by atoms with Crippen molar-refractivity contribution in [1.82, 2.24) is 10.6 Å². The van der Waals surface area contributed by atoms with Gasteiger partial charge in [0, 0.05) is 48.6 Å². The molecule has 0 aliphatic carbocycles. The van der Waals surface area contributed by atoms with Gasteiger partial charge in [-0.05, 0) is 29.3 Å². The molecule has 1 aliphatic heterocycles. The Morgan fingerprint density at radius 1 is 1.17 bits per heavy atom. The van der Waals surface area contributed by atoms with Gasteiger partial charge in [-0.2, -0.15) is 0 Å². The number of aliphatic imine (C=N–C) groups is 1. The summed E-state index contributed by atoms with van der Waals surface area (Å²) in [6, 6.07) is 15.9. The summed E-state index contributed by atoms with van der Waals surface area (Å²) < 4.78 is 0. The number of hydrogen-bond acceptors (Lipinski definition) is 2. The van der Waals surface area contributed by atoms with Gasteiger partial charge < -0.3 is 16.0 Å². The number of rotatable bonds is 5. The Bertz CT molecular complexity index is 867. The zero-order valence-electron chi connectivity index (χ0n) is 17.0. The molecule has 5 nitrogen and oxygen atoms in total. The molecule has 0 spiro atoms. The van der Waals surface area contributed by atoms with Crippen molar-refractivity contribution >= 4 is 53.1 Å². The third-order valence-electron chi connectivity index (χ3n) is 5.17. The van der Waals surface area contributed by atoms with E-state index in [4.69, 9.17) is 11.6 Å². The van der Waals surface area contributed by atoms with Crippen LogP contribution in [0.3, 0.4) is 0 Å². The molecule has 29 heavy (non-hydrogen) atoms. The average molecular weight is 527 g/mol. The molecule has 1 aliphatic rings. The number of halogens is 2. The average Bonchev–Trinajstić information content (AvgIpc) is 2.68. The predicted molar refractivity (Wildman–Crippen MR) is 132 cm³/mol. The predicted octanol–water partition coefficient (Wildman–Crippen LogP) is 4.53. The molecule has 1 atom stereocenters. The van der Waals surface area contributed by atoms with E-state index in [0.717, 1.165) is 28.8 Å². The first-order valence-electron chi connectivity index (χ1n) is 9.48. The SMILES string of the molecule is CN=C(NCC1CC(=O)Nc2ccccc21)NCC(C)(C)c1ccc(Cl)cc1.I. The molecule has 7 heteroatoms. The highest BCUT2D eigenvalue weighted by atomic mass is 127. The number of carbonyl (C=O) groups is 1. The molecule has 0 bridgehead atoms. The molecule has 3 N–H and O–H groups in total. The standard InChI is InChI=1S/C22H27ClN4O.HI/c1-22(2,16-8-10-17(23)11-9-16)14-26-21(24-3)25-13-15-12-20(28)27-19-7-5-4-6-18(15)19;/h4-11,15H,12-14H2,1-3H3,(H,27,28)(H2,24,25,26);1H. The van der Waals surface area contributed by atoms with Crippen molar-refractivity contribution < 1.29 is 4.79 Å². The fraction of sp³-hybridized carbons (Fsp3) is 0.364. The maximum Gasteiger partial charge on any atom is 0.225 e. The lowest BCUT2D eigenvalue weighted by atomic mass is 9.84. The van der Waals surface area contributed by atoms with Crippen LogP contribution in [0.25, 0.3) is 0 Å². The molecule has 2 aromatic rings. The minimum Gasteiger partial charge on any atom is -0.356 e. The summed E-state index contributed by atoms with van der Waals surface area (Å²) in [6.45, 7) is 5.72. The van der Waals surface area contributed by atoms with Gasteiger partial charge in [-0.25, -0.2) is 0 Å². The number of carbonyl (C=O) groups excluding carboxylic acids is 1. The second-order valence-corrected chi connectivity index (χ2v) is 8.17. The number of amides is 1. The van der Waals surface area contributed by atoms with Crippen molar-refractivity contribution in [1.29, 1.82) is 0 Å². The Morgan fingerprint density at radius 2 is 1.86 bits per heavy atom. The van der Waals surface area contributed by atoms with Crippen LogP contribution in [0, 0.1) is 0 Å². The van der Waals surface area contributed by atoms with E-state index in [2.05, 4.69) is 53.0 Å². The highest BCUT2D eigenvalue weighted by Gasteiger charge is 2.25. The van der Waals surface area contributed by atoms with Crippen LogP contribution in [-0.2, 0) is 10.2 Å². The summed E-state index contributed by atoms with van der Waals surface area (Å²) in [5.74, 6) is 0.899. The third kappa shape index (κ3) is 6.09. The number of guanidine groups is 1. The molecular formula is C22H28ClIN4O. The number of hydrogen-bond donors (Lipinski definition) is 3. The van der Waals surface area contributed by atoms with Crippen LogP contribution in [-0.4, -0.2) is 32.0 Å². The third-order valence-corrected chi connectivity index (χ3v) is 5.42. The number of nitrogens with zero attached hydrogens (tertiary/aromatic N) is 1. The van der Waals surface area contributed by atoms with Gasteiger partial charge in [0.2, 0.25) is 5.91 Å². The fourth-order valence-electron chi connectivity index (χ4n) is 3.43. The van der Waals surface area contributed by atoms with Crippen molar-refractivity contribution in [3.05, 3.63) is 64.7 Å². The summed E-state index contributed by atoms with van der Waals surface area (Å²) in [7, 11) is 1.76. The molecule has 3 rings (SSSR count). The molecule has 0 radical (unpaired) electrons. The highest BCUT2D eigenvalue weighted by molar-refractivity contribution is 14.0. The van der Waals surface area contributed by atoms with Crippen molar-refractivity contribution in [2.45, 2.75) is 31.6 Å². The Morgan fingerprint density at radius 3 is 2.55 bits per heavy atom. The minimum absolute atomic E-state index is 0. The highest BCUT2D eigenvalue weighted by Crippen LogP contribution is 2.31. The number of para-hydroxylation sites is 1. The first-order valence-corrected chi connectivity index (χ1v) is 9.86. The Labute approximate surface area is 194 Å². The van der Waals surface area contributed by atoms with E-state index < -0.39 is 0 Å². The zero-order valence-corrected chi connectivity index (χ0v) is 20.0. The van der Waals surface area contributed by atoms with Crippen LogP contribution in [0.1, 0.15) is 37.3 Å². The van der Waals surface area contributed by atoms with Gasteiger partial charge in [0.05, 0.1) is 0 Å². The van der Waals surface area contributed by atoms with Crippen molar-refractivity contribution in [3.8, 4) is 0 Å². The summed E-state index contributed by atoms with van der Waals surface area (Å²) in [5.41, 5.74) is 3.18. The molecule has 1 amide bonds. The van der Waals surface area contributed by atoms with Gasteiger partial charge in [-0.3, -0.25) is 9.79 Å². The second-order valence-electron chi connectivity index (χ2n) is 7.73. The molecule has 2 aromatic carbocycles. The van der Waals surface area contributed by atoms with Crippen molar-refractivity contribution in [3.63, 3.8) is 0 Å². The Hall–Kier alpha value is -1.80. The van der Waals surface area contributed by atoms with Gasteiger partial charge in [0.15, 0.2) is 5.96 Å².